The second-order valence-electron chi connectivity index (χ2n) is 13.1. The van der Waals surface area contributed by atoms with Crippen LogP contribution in [0.4, 0.5) is 0 Å². The first kappa shape index (κ1) is 31.8. The lowest BCUT2D eigenvalue weighted by Crippen LogP contribution is -2.73. The second kappa shape index (κ2) is 13.6. The molecule has 1 spiro atoms. The molecule has 3 amide bonds. The van der Waals surface area contributed by atoms with Gasteiger partial charge in [0.1, 0.15) is 23.1 Å². The van der Waals surface area contributed by atoms with E-state index in [2.05, 4.69) is 15.5 Å². The van der Waals surface area contributed by atoms with Gasteiger partial charge in [0, 0.05) is 45.2 Å². The molecule has 1 saturated carbocycles. The molecule has 3 fully saturated rings. The Kier molecular flexibility index (Phi) is 9.42. The van der Waals surface area contributed by atoms with Crippen molar-refractivity contribution in [3.63, 3.8) is 0 Å². The summed E-state index contributed by atoms with van der Waals surface area (Å²) in [4.78, 5) is 44.0. The van der Waals surface area contributed by atoms with Gasteiger partial charge in [-0.2, -0.15) is 0 Å². The summed E-state index contributed by atoms with van der Waals surface area (Å²) in [7, 11) is 1.60. The molecule has 3 aliphatic rings. The van der Waals surface area contributed by atoms with Crippen LogP contribution in [0.5, 0.6) is 11.5 Å². The first-order valence-corrected chi connectivity index (χ1v) is 16.5. The van der Waals surface area contributed by atoms with Gasteiger partial charge in [-0.15, -0.1) is 0 Å². The monoisotopic (exact) mass is 624 g/mol. The molecule has 9 nitrogen and oxygen atoms in total. The molecule has 6 rings (SSSR count). The molecule has 2 heterocycles. The van der Waals surface area contributed by atoms with E-state index >= 15 is 0 Å². The van der Waals surface area contributed by atoms with Crippen LogP contribution in [0.15, 0.2) is 78.9 Å². The van der Waals surface area contributed by atoms with E-state index in [1.807, 2.05) is 59.5 Å². The molecule has 0 unspecified atom stereocenters. The van der Waals surface area contributed by atoms with Crippen molar-refractivity contribution < 1.29 is 24.2 Å². The van der Waals surface area contributed by atoms with Gasteiger partial charge >= 0.3 is 0 Å². The summed E-state index contributed by atoms with van der Waals surface area (Å²) in [6.07, 6.45) is 5.69. The van der Waals surface area contributed by atoms with Gasteiger partial charge in [0.25, 0.3) is 5.91 Å². The van der Waals surface area contributed by atoms with E-state index in [0.717, 1.165) is 36.9 Å². The first-order valence-electron chi connectivity index (χ1n) is 16.5. The SMILES string of the molecule is CNC(=O)c1ccc(Oc2ccc(CN3CCC4(CC3)C(=O)N[C@H](CC3(O)CCCCC3)C(=O)N4Cc3ccccc3)cc2)cc1. The van der Waals surface area contributed by atoms with Crippen molar-refractivity contribution in [1.82, 2.24) is 20.4 Å². The Morgan fingerprint density at radius 3 is 2.09 bits per heavy atom. The predicted octanol–water partition coefficient (Wildman–Crippen LogP) is 4.79. The number of rotatable bonds is 9. The highest BCUT2D eigenvalue weighted by Gasteiger charge is 2.54. The van der Waals surface area contributed by atoms with E-state index in [4.69, 9.17) is 4.74 Å². The number of nitrogens with one attached hydrogen (secondary N) is 2. The molecule has 242 valence electrons. The van der Waals surface area contributed by atoms with E-state index in [9.17, 15) is 19.5 Å². The maximum atomic E-state index is 14.1. The minimum absolute atomic E-state index is 0.0882. The van der Waals surface area contributed by atoms with Gasteiger partial charge in [0.15, 0.2) is 0 Å². The number of benzene rings is 3. The summed E-state index contributed by atoms with van der Waals surface area (Å²) < 4.78 is 5.97. The third-order valence-electron chi connectivity index (χ3n) is 9.95. The third-order valence-corrected chi connectivity index (χ3v) is 9.95. The number of piperazine rings is 1. The number of likely N-dealkylation sites (tertiary alicyclic amines) is 1. The van der Waals surface area contributed by atoms with E-state index in [1.165, 1.54) is 0 Å². The largest absolute Gasteiger partial charge is 0.457 e. The van der Waals surface area contributed by atoms with Crippen LogP contribution in [0.25, 0.3) is 0 Å². The molecule has 0 bridgehead atoms. The lowest BCUT2D eigenvalue weighted by Gasteiger charge is -2.52. The number of ether oxygens (including phenoxy) is 1. The molecule has 3 N–H and O–H groups in total. The summed E-state index contributed by atoms with van der Waals surface area (Å²) >= 11 is 0. The zero-order chi connectivity index (χ0) is 32.1. The minimum atomic E-state index is -0.917. The number of piperidine rings is 1. The molecule has 3 aromatic rings. The van der Waals surface area contributed by atoms with Crippen LogP contribution >= 0.6 is 0 Å². The van der Waals surface area contributed by atoms with Crippen LogP contribution in [-0.2, 0) is 22.7 Å². The number of amides is 3. The third kappa shape index (κ3) is 6.95. The molecule has 9 heteroatoms. The van der Waals surface area contributed by atoms with Gasteiger partial charge in [-0.1, -0.05) is 61.7 Å². The Bertz CT molecular complexity index is 1510. The average molecular weight is 625 g/mol. The van der Waals surface area contributed by atoms with Crippen molar-refractivity contribution in [1.29, 1.82) is 0 Å². The lowest BCUT2D eigenvalue weighted by molar-refractivity contribution is -0.164. The van der Waals surface area contributed by atoms with Crippen LogP contribution < -0.4 is 15.4 Å². The zero-order valence-electron chi connectivity index (χ0n) is 26.5. The minimum Gasteiger partial charge on any atom is -0.457 e. The number of nitrogens with zero attached hydrogens (tertiary/aromatic N) is 2. The average Bonchev–Trinajstić information content (AvgIpc) is 3.08. The van der Waals surface area contributed by atoms with E-state index in [1.54, 1.807) is 31.3 Å². The fourth-order valence-electron chi connectivity index (χ4n) is 7.26. The molecule has 3 aromatic carbocycles. The van der Waals surface area contributed by atoms with Crippen LogP contribution in [0.3, 0.4) is 0 Å². The quantitative estimate of drug-likeness (QED) is 0.316. The van der Waals surface area contributed by atoms with Crippen molar-refractivity contribution in [2.75, 3.05) is 20.1 Å². The standard InChI is InChI=1S/C37H44N4O5/c1-38-33(42)29-12-16-31(17-13-29)46-30-14-10-28(11-15-30)25-40-22-20-37(21-23-40)35(44)39-32(24-36(45)18-6-3-7-19-36)34(43)41(37)26-27-8-4-2-5-9-27/h2,4-5,8-17,32,45H,3,6-7,18-26H2,1H3,(H,38,42)(H,39,44)/t32-/m1/s1. The highest BCUT2D eigenvalue weighted by atomic mass is 16.5. The Morgan fingerprint density at radius 2 is 1.46 bits per heavy atom. The predicted molar refractivity (Wildman–Crippen MR) is 175 cm³/mol. The van der Waals surface area contributed by atoms with Crippen LogP contribution in [-0.4, -0.2) is 69.9 Å². The molecule has 0 aromatic heterocycles. The number of hydrogen-bond acceptors (Lipinski definition) is 6. The summed E-state index contributed by atoms with van der Waals surface area (Å²) in [5, 5.41) is 16.9. The molecule has 0 radical (unpaired) electrons. The molecular weight excluding hydrogens is 580 g/mol. The van der Waals surface area contributed by atoms with Gasteiger partial charge in [0.2, 0.25) is 11.8 Å². The molecule has 2 saturated heterocycles. The molecule has 1 aliphatic carbocycles. The van der Waals surface area contributed by atoms with Crippen molar-refractivity contribution in [3.8, 4) is 11.5 Å². The summed E-state index contributed by atoms with van der Waals surface area (Å²) in [6.45, 7) is 2.45. The number of carbonyl (C=O) groups is 3. The van der Waals surface area contributed by atoms with Crippen LogP contribution in [0.2, 0.25) is 0 Å². The molecule has 2 aliphatic heterocycles. The first-order chi connectivity index (χ1) is 22.3. The smallest absolute Gasteiger partial charge is 0.251 e. The maximum absolute atomic E-state index is 14.1. The summed E-state index contributed by atoms with van der Waals surface area (Å²) in [5.41, 5.74) is 0.872. The molecule has 46 heavy (non-hydrogen) atoms. The molecular formula is C37H44N4O5. The summed E-state index contributed by atoms with van der Waals surface area (Å²) in [6, 6.07) is 24.1. The topological polar surface area (TPSA) is 111 Å². The van der Waals surface area contributed by atoms with Gasteiger partial charge in [-0.25, -0.2) is 0 Å². The Balaban J connectivity index is 1.11. The Labute approximate surface area is 270 Å². The van der Waals surface area contributed by atoms with Crippen molar-refractivity contribution in [3.05, 3.63) is 95.6 Å². The van der Waals surface area contributed by atoms with Crippen molar-refractivity contribution >= 4 is 17.7 Å². The van der Waals surface area contributed by atoms with Gasteiger partial charge in [-0.05, 0) is 73.2 Å². The van der Waals surface area contributed by atoms with Crippen molar-refractivity contribution in [2.45, 2.75) is 81.6 Å². The molecule has 1 atom stereocenters. The second-order valence-corrected chi connectivity index (χ2v) is 13.1. The van der Waals surface area contributed by atoms with E-state index in [-0.39, 0.29) is 24.1 Å². The maximum Gasteiger partial charge on any atom is 0.251 e. The normalized spacial score (nSPS) is 21.1. The highest BCUT2D eigenvalue weighted by Crippen LogP contribution is 2.38. The number of aliphatic hydroxyl groups is 1. The van der Waals surface area contributed by atoms with Gasteiger partial charge in [-0.3, -0.25) is 19.3 Å². The van der Waals surface area contributed by atoms with Crippen LogP contribution in [0.1, 0.15) is 72.9 Å². The fourth-order valence-corrected chi connectivity index (χ4v) is 7.26. The van der Waals surface area contributed by atoms with E-state index < -0.39 is 17.2 Å². The van der Waals surface area contributed by atoms with Gasteiger partial charge in [0.05, 0.1) is 5.60 Å². The number of hydrogen-bond donors (Lipinski definition) is 3. The number of carbonyl (C=O) groups excluding carboxylic acids is 3. The van der Waals surface area contributed by atoms with E-state index in [0.29, 0.717) is 62.4 Å². The van der Waals surface area contributed by atoms with Crippen molar-refractivity contribution in [2.24, 2.45) is 0 Å². The lowest BCUT2D eigenvalue weighted by atomic mass is 9.77. The zero-order valence-corrected chi connectivity index (χ0v) is 26.5. The fraction of sp³-hybridized carbons (Fsp3) is 0.432. The highest BCUT2D eigenvalue weighted by molar-refractivity contribution is 6.00. The summed E-state index contributed by atoms with van der Waals surface area (Å²) in [5.74, 6) is 1.02. The van der Waals surface area contributed by atoms with Crippen LogP contribution in [0, 0.1) is 0 Å². The van der Waals surface area contributed by atoms with Gasteiger partial charge < -0.3 is 25.4 Å². The Hall–Kier alpha value is -4.21. The Morgan fingerprint density at radius 1 is 0.848 bits per heavy atom.